The molecule has 1 aliphatic rings. The summed E-state index contributed by atoms with van der Waals surface area (Å²) >= 11 is 1.30. The second-order valence-electron chi connectivity index (χ2n) is 6.42. The van der Waals surface area contributed by atoms with Gasteiger partial charge in [0.1, 0.15) is 5.58 Å². The predicted molar refractivity (Wildman–Crippen MR) is 108 cm³/mol. The Labute approximate surface area is 169 Å². The normalized spacial score (nSPS) is 12.4. The van der Waals surface area contributed by atoms with Crippen molar-refractivity contribution in [2.75, 3.05) is 17.9 Å². The number of ether oxygens (including phenoxy) is 2. The maximum absolute atomic E-state index is 12.3. The number of fused-ring (bicyclic) bond motifs is 2. The van der Waals surface area contributed by atoms with Crippen LogP contribution in [0.5, 0.6) is 11.5 Å². The molecule has 4 aromatic rings. The predicted octanol–water partition coefficient (Wildman–Crippen LogP) is 3.69. The SMILES string of the molecule is Cn1c(SCC(=O)Nc2ccc3c(c2)OCO3)nnc1-c1cc2ccccc2o1. The van der Waals surface area contributed by atoms with Gasteiger partial charge in [0.25, 0.3) is 0 Å². The molecule has 0 spiro atoms. The third-order valence-electron chi connectivity index (χ3n) is 4.47. The summed E-state index contributed by atoms with van der Waals surface area (Å²) in [5, 5.41) is 12.9. The number of furan rings is 1. The zero-order valence-electron chi connectivity index (χ0n) is 15.4. The van der Waals surface area contributed by atoms with Crippen molar-refractivity contribution in [3.63, 3.8) is 0 Å². The lowest BCUT2D eigenvalue weighted by Crippen LogP contribution is -2.14. The minimum atomic E-state index is -0.151. The third kappa shape index (κ3) is 3.40. The number of hydrogen-bond donors (Lipinski definition) is 1. The van der Waals surface area contributed by atoms with Gasteiger partial charge in [-0.3, -0.25) is 4.79 Å². The first kappa shape index (κ1) is 17.6. The Kier molecular flexibility index (Phi) is 4.36. The number of aromatic nitrogens is 3. The Morgan fingerprint density at radius 2 is 2.00 bits per heavy atom. The number of benzene rings is 2. The Morgan fingerprint density at radius 3 is 2.90 bits per heavy atom. The molecular weight excluding hydrogens is 392 g/mol. The van der Waals surface area contributed by atoms with Gasteiger partial charge in [0, 0.05) is 24.2 Å². The minimum absolute atomic E-state index is 0.151. The molecule has 1 amide bonds. The molecule has 2 aromatic heterocycles. The van der Waals surface area contributed by atoms with Crippen molar-refractivity contribution < 1.29 is 18.7 Å². The van der Waals surface area contributed by atoms with Gasteiger partial charge in [0.05, 0.1) is 5.75 Å². The van der Waals surface area contributed by atoms with Gasteiger partial charge < -0.3 is 23.8 Å². The van der Waals surface area contributed by atoms with Crippen LogP contribution in [0, 0.1) is 0 Å². The van der Waals surface area contributed by atoms with Gasteiger partial charge in [-0.1, -0.05) is 30.0 Å². The number of carbonyl (C=O) groups excluding carboxylic acids is 1. The van der Waals surface area contributed by atoms with E-state index in [0.717, 1.165) is 11.0 Å². The number of anilines is 1. The number of carbonyl (C=O) groups is 1. The Morgan fingerprint density at radius 1 is 1.14 bits per heavy atom. The van der Waals surface area contributed by atoms with Crippen LogP contribution in [-0.2, 0) is 11.8 Å². The summed E-state index contributed by atoms with van der Waals surface area (Å²) in [5.41, 5.74) is 1.45. The molecule has 0 saturated heterocycles. The van der Waals surface area contributed by atoms with E-state index in [-0.39, 0.29) is 18.5 Å². The summed E-state index contributed by atoms with van der Waals surface area (Å²) in [6.07, 6.45) is 0. The fraction of sp³-hybridized carbons (Fsp3) is 0.150. The van der Waals surface area contributed by atoms with Crippen LogP contribution >= 0.6 is 11.8 Å². The summed E-state index contributed by atoms with van der Waals surface area (Å²) in [7, 11) is 1.85. The topological polar surface area (TPSA) is 91.4 Å². The van der Waals surface area contributed by atoms with Crippen molar-refractivity contribution in [1.82, 2.24) is 14.8 Å². The van der Waals surface area contributed by atoms with Crippen molar-refractivity contribution in [1.29, 1.82) is 0 Å². The molecule has 0 aliphatic carbocycles. The lowest BCUT2D eigenvalue weighted by Gasteiger charge is -2.06. The van der Waals surface area contributed by atoms with Crippen molar-refractivity contribution in [3.05, 3.63) is 48.5 Å². The molecule has 5 rings (SSSR count). The van der Waals surface area contributed by atoms with Crippen molar-refractivity contribution in [3.8, 4) is 23.1 Å². The van der Waals surface area contributed by atoms with Gasteiger partial charge in [0.2, 0.25) is 12.7 Å². The first-order valence-electron chi connectivity index (χ1n) is 8.88. The van der Waals surface area contributed by atoms with Crippen molar-refractivity contribution in [2.45, 2.75) is 5.16 Å². The van der Waals surface area contributed by atoms with Crippen LogP contribution in [0.2, 0.25) is 0 Å². The van der Waals surface area contributed by atoms with Crippen LogP contribution in [0.4, 0.5) is 5.69 Å². The average molecular weight is 408 g/mol. The number of amides is 1. The summed E-state index contributed by atoms with van der Waals surface area (Å²) in [6.45, 7) is 0.197. The zero-order chi connectivity index (χ0) is 19.8. The summed E-state index contributed by atoms with van der Waals surface area (Å²) < 4.78 is 18.3. The highest BCUT2D eigenvalue weighted by Crippen LogP contribution is 2.34. The van der Waals surface area contributed by atoms with Crippen molar-refractivity contribution >= 4 is 34.3 Å². The smallest absolute Gasteiger partial charge is 0.234 e. The van der Waals surface area contributed by atoms with E-state index in [2.05, 4.69) is 15.5 Å². The summed E-state index contributed by atoms with van der Waals surface area (Å²) in [6, 6.07) is 15.0. The molecule has 8 nitrogen and oxygen atoms in total. The highest BCUT2D eigenvalue weighted by molar-refractivity contribution is 7.99. The van der Waals surface area contributed by atoms with Gasteiger partial charge in [0.15, 0.2) is 28.2 Å². The number of para-hydroxylation sites is 1. The standard InChI is InChI=1S/C20H16N4O4S/c1-24-19(17-8-12-4-2-3-5-14(12)28-17)22-23-20(24)29-10-18(25)21-13-6-7-15-16(9-13)27-11-26-15/h2-9H,10-11H2,1H3,(H,21,25). The number of thioether (sulfide) groups is 1. The van der Waals surface area contributed by atoms with Crippen LogP contribution in [0.25, 0.3) is 22.6 Å². The van der Waals surface area contributed by atoms with E-state index in [9.17, 15) is 4.79 Å². The lowest BCUT2D eigenvalue weighted by atomic mass is 10.2. The fourth-order valence-electron chi connectivity index (χ4n) is 3.05. The van der Waals surface area contributed by atoms with Crippen LogP contribution in [0.15, 0.2) is 58.1 Å². The molecule has 0 saturated carbocycles. The van der Waals surface area contributed by atoms with E-state index in [0.29, 0.717) is 33.9 Å². The molecule has 2 aromatic carbocycles. The number of nitrogens with zero attached hydrogens (tertiary/aromatic N) is 3. The largest absolute Gasteiger partial charge is 0.454 e. The Bertz CT molecular complexity index is 1180. The Hall–Kier alpha value is -3.46. The van der Waals surface area contributed by atoms with E-state index in [1.807, 2.05) is 41.9 Å². The van der Waals surface area contributed by atoms with Gasteiger partial charge in [-0.15, -0.1) is 10.2 Å². The molecule has 0 atom stereocenters. The Balaban J connectivity index is 1.26. The van der Waals surface area contributed by atoms with E-state index in [1.165, 1.54) is 11.8 Å². The average Bonchev–Trinajstić information content (AvgIpc) is 3.43. The van der Waals surface area contributed by atoms with Gasteiger partial charge in [-0.25, -0.2) is 0 Å². The molecule has 1 aliphatic heterocycles. The van der Waals surface area contributed by atoms with E-state index in [4.69, 9.17) is 13.9 Å². The first-order chi connectivity index (χ1) is 14.2. The quantitative estimate of drug-likeness (QED) is 0.504. The second-order valence-corrected chi connectivity index (χ2v) is 7.36. The van der Waals surface area contributed by atoms with E-state index in [1.54, 1.807) is 18.2 Å². The van der Waals surface area contributed by atoms with Crippen LogP contribution in [-0.4, -0.2) is 33.2 Å². The maximum atomic E-state index is 12.3. The zero-order valence-corrected chi connectivity index (χ0v) is 16.2. The molecule has 3 heterocycles. The van der Waals surface area contributed by atoms with Crippen LogP contribution < -0.4 is 14.8 Å². The third-order valence-corrected chi connectivity index (χ3v) is 5.49. The second kappa shape index (κ2) is 7.17. The molecule has 0 unspecified atom stereocenters. The molecule has 0 fully saturated rings. The molecular formula is C20H16N4O4S. The lowest BCUT2D eigenvalue weighted by molar-refractivity contribution is -0.113. The van der Waals surface area contributed by atoms with Crippen LogP contribution in [0.3, 0.4) is 0 Å². The number of nitrogens with one attached hydrogen (secondary N) is 1. The minimum Gasteiger partial charge on any atom is -0.454 e. The number of rotatable bonds is 5. The first-order valence-corrected chi connectivity index (χ1v) is 9.86. The molecule has 29 heavy (non-hydrogen) atoms. The molecule has 9 heteroatoms. The summed E-state index contributed by atoms with van der Waals surface area (Å²) in [5.74, 6) is 2.59. The fourth-order valence-corrected chi connectivity index (χ4v) is 3.76. The van der Waals surface area contributed by atoms with Crippen molar-refractivity contribution in [2.24, 2.45) is 7.05 Å². The van der Waals surface area contributed by atoms with Crippen LogP contribution in [0.1, 0.15) is 0 Å². The van der Waals surface area contributed by atoms with Gasteiger partial charge in [-0.2, -0.15) is 0 Å². The van der Waals surface area contributed by atoms with Gasteiger partial charge in [-0.05, 0) is 24.3 Å². The van der Waals surface area contributed by atoms with Gasteiger partial charge >= 0.3 is 0 Å². The molecule has 1 N–H and O–H groups in total. The molecule has 0 bridgehead atoms. The maximum Gasteiger partial charge on any atom is 0.234 e. The monoisotopic (exact) mass is 408 g/mol. The molecule has 0 radical (unpaired) electrons. The van der Waals surface area contributed by atoms with E-state index < -0.39 is 0 Å². The van der Waals surface area contributed by atoms with E-state index >= 15 is 0 Å². The number of hydrogen-bond acceptors (Lipinski definition) is 7. The molecule has 146 valence electrons. The summed E-state index contributed by atoms with van der Waals surface area (Å²) in [4.78, 5) is 12.3. The highest BCUT2D eigenvalue weighted by Gasteiger charge is 2.17. The highest BCUT2D eigenvalue weighted by atomic mass is 32.2.